The standard InChI is InChI=1S/C9H12O4/c10-9(11)4-1-7-5-2-12-3-6(5)8(4)13-7/h4-8H,1-3H2,(H,10,11). The van der Waals surface area contributed by atoms with Crippen LogP contribution in [0.4, 0.5) is 0 Å². The number of carboxylic acids is 1. The molecule has 13 heavy (non-hydrogen) atoms. The molecule has 0 aromatic carbocycles. The highest BCUT2D eigenvalue weighted by molar-refractivity contribution is 5.71. The summed E-state index contributed by atoms with van der Waals surface area (Å²) in [6.45, 7) is 1.45. The van der Waals surface area contributed by atoms with Crippen LogP contribution >= 0.6 is 0 Å². The summed E-state index contributed by atoms with van der Waals surface area (Å²) in [5.74, 6) is -0.175. The van der Waals surface area contributed by atoms with Crippen LogP contribution in [0.25, 0.3) is 0 Å². The predicted molar refractivity (Wildman–Crippen MR) is 42.2 cm³/mol. The smallest absolute Gasteiger partial charge is 0.309 e. The van der Waals surface area contributed by atoms with Gasteiger partial charge in [0.1, 0.15) is 0 Å². The Morgan fingerprint density at radius 1 is 1.31 bits per heavy atom. The summed E-state index contributed by atoms with van der Waals surface area (Å²) < 4.78 is 11.0. The molecule has 4 heteroatoms. The van der Waals surface area contributed by atoms with Crippen molar-refractivity contribution in [2.75, 3.05) is 13.2 Å². The Morgan fingerprint density at radius 3 is 2.85 bits per heavy atom. The van der Waals surface area contributed by atoms with Crippen molar-refractivity contribution in [3.8, 4) is 0 Å². The monoisotopic (exact) mass is 184 g/mol. The number of hydrogen-bond acceptors (Lipinski definition) is 3. The van der Waals surface area contributed by atoms with Crippen LogP contribution in [-0.4, -0.2) is 36.5 Å². The Hall–Kier alpha value is -0.610. The number of fused-ring (bicyclic) bond motifs is 5. The van der Waals surface area contributed by atoms with E-state index in [2.05, 4.69) is 0 Å². The van der Waals surface area contributed by atoms with Crippen molar-refractivity contribution in [3.05, 3.63) is 0 Å². The van der Waals surface area contributed by atoms with Gasteiger partial charge in [0, 0.05) is 11.8 Å². The van der Waals surface area contributed by atoms with Crippen molar-refractivity contribution in [1.82, 2.24) is 0 Å². The van der Waals surface area contributed by atoms with Gasteiger partial charge in [-0.2, -0.15) is 0 Å². The molecule has 5 unspecified atom stereocenters. The fourth-order valence-electron chi connectivity index (χ4n) is 2.96. The summed E-state index contributed by atoms with van der Waals surface area (Å²) in [5, 5.41) is 8.93. The summed E-state index contributed by atoms with van der Waals surface area (Å²) in [6.07, 6.45) is 0.762. The summed E-state index contributed by atoms with van der Waals surface area (Å²) in [7, 11) is 0. The van der Waals surface area contributed by atoms with E-state index in [4.69, 9.17) is 14.6 Å². The summed E-state index contributed by atoms with van der Waals surface area (Å²) in [6, 6.07) is 0. The van der Waals surface area contributed by atoms with Crippen molar-refractivity contribution < 1.29 is 19.4 Å². The van der Waals surface area contributed by atoms with Crippen molar-refractivity contribution in [2.45, 2.75) is 18.6 Å². The number of carbonyl (C=O) groups is 1. The van der Waals surface area contributed by atoms with Gasteiger partial charge in [-0.25, -0.2) is 0 Å². The van der Waals surface area contributed by atoms with Gasteiger partial charge in [0.15, 0.2) is 0 Å². The molecule has 0 amide bonds. The van der Waals surface area contributed by atoms with Crippen molar-refractivity contribution >= 4 is 5.97 Å². The second-order valence-corrected chi connectivity index (χ2v) is 4.18. The van der Waals surface area contributed by atoms with E-state index in [9.17, 15) is 4.79 Å². The fourth-order valence-corrected chi connectivity index (χ4v) is 2.96. The van der Waals surface area contributed by atoms with E-state index >= 15 is 0 Å². The Kier molecular flexibility index (Phi) is 1.46. The molecule has 1 N–H and O–H groups in total. The number of ether oxygens (including phenoxy) is 2. The normalized spacial score (nSPS) is 52.5. The zero-order valence-electron chi connectivity index (χ0n) is 7.18. The van der Waals surface area contributed by atoms with E-state index in [0.717, 1.165) is 6.61 Å². The molecule has 3 aliphatic rings. The molecule has 0 saturated carbocycles. The number of hydrogen-bond donors (Lipinski definition) is 1. The van der Waals surface area contributed by atoms with E-state index in [0.29, 0.717) is 24.9 Å². The van der Waals surface area contributed by atoms with Crippen LogP contribution in [-0.2, 0) is 14.3 Å². The molecular weight excluding hydrogens is 172 g/mol. The van der Waals surface area contributed by atoms with E-state index in [1.165, 1.54) is 0 Å². The maximum Gasteiger partial charge on any atom is 0.309 e. The second-order valence-electron chi connectivity index (χ2n) is 4.18. The summed E-state index contributed by atoms with van der Waals surface area (Å²) in [4.78, 5) is 10.9. The molecule has 3 rings (SSSR count). The van der Waals surface area contributed by atoms with Gasteiger partial charge in [-0.1, -0.05) is 0 Å². The van der Waals surface area contributed by atoms with Gasteiger partial charge < -0.3 is 14.6 Å². The lowest BCUT2D eigenvalue weighted by molar-refractivity contribution is -0.144. The molecule has 4 nitrogen and oxygen atoms in total. The quantitative estimate of drug-likeness (QED) is 0.629. The number of carboxylic acid groups (broad SMARTS) is 1. The highest BCUT2D eigenvalue weighted by atomic mass is 16.5. The lowest BCUT2D eigenvalue weighted by Crippen LogP contribution is -2.36. The molecule has 0 aromatic rings. The average Bonchev–Trinajstić information content (AvgIpc) is 2.75. The van der Waals surface area contributed by atoms with E-state index in [1.54, 1.807) is 0 Å². The Balaban J connectivity index is 1.85. The Bertz CT molecular complexity index is 252. The molecule has 2 bridgehead atoms. The van der Waals surface area contributed by atoms with Crippen molar-refractivity contribution in [2.24, 2.45) is 17.8 Å². The lowest BCUT2D eigenvalue weighted by Gasteiger charge is -2.23. The third kappa shape index (κ3) is 0.901. The van der Waals surface area contributed by atoms with Gasteiger partial charge in [-0.15, -0.1) is 0 Å². The van der Waals surface area contributed by atoms with Crippen LogP contribution < -0.4 is 0 Å². The largest absolute Gasteiger partial charge is 0.481 e. The first-order chi connectivity index (χ1) is 6.27. The van der Waals surface area contributed by atoms with Crippen LogP contribution in [0.3, 0.4) is 0 Å². The minimum Gasteiger partial charge on any atom is -0.481 e. The first-order valence-electron chi connectivity index (χ1n) is 4.73. The van der Waals surface area contributed by atoms with Gasteiger partial charge in [0.25, 0.3) is 0 Å². The van der Waals surface area contributed by atoms with Crippen molar-refractivity contribution in [3.63, 3.8) is 0 Å². The van der Waals surface area contributed by atoms with Crippen LogP contribution in [0.1, 0.15) is 6.42 Å². The van der Waals surface area contributed by atoms with E-state index in [-0.39, 0.29) is 18.1 Å². The minimum absolute atomic E-state index is 0.0741. The molecule has 0 aliphatic carbocycles. The average molecular weight is 184 g/mol. The molecule has 3 aliphatic heterocycles. The predicted octanol–water partition coefficient (Wildman–Crippen LogP) is 0.121. The van der Waals surface area contributed by atoms with Crippen LogP contribution in [0.2, 0.25) is 0 Å². The number of rotatable bonds is 1. The SMILES string of the molecule is O=C(O)C1CC2OC1C1COCC21. The first-order valence-corrected chi connectivity index (χ1v) is 4.73. The van der Waals surface area contributed by atoms with Crippen LogP contribution in [0, 0.1) is 17.8 Å². The third-order valence-electron chi connectivity index (χ3n) is 3.60. The Morgan fingerprint density at radius 2 is 2.08 bits per heavy atom. The van der Waals surface area contributed by atoms with Crippen LogP contribution in [0.15, 0.2) is 0 Å². The molecule has 0 spiro atoms. The lowest BCUT2D eigenvalue weighted by atomic mass is 9.76. The van der Waals surface area contributed by atoms with Crippen LogP contribution in [0.5, 0.6) is 0 Å². The second kappa shape index (κ2) is 2.45. The molecule has 0 aromatic heterocycles. The highest BCUT2D eigenvalue weighted by Gasteiger charge is 2.58. The fraction of sp³-hybridized carbons (Fsp3) is 0.889. The Labute approximate surface area is 75.8 Å². The molecular formula is C9H12O4. The van der Waals surface area contributed by atoms with Gasteiger partial charge in [-0.3, -0.25) is 4.79 Å². The molecule has 3 heterocycles. The van der Waals surface area contributed by atoms with Crippen molar-refractivity contribution in [1.29, 1.82) is 0 Å². The topological polar surface area (TPSA) is 55.8 Å². The third-order valence-corrected chi connectivity index (χ3v) is 3.60. The van der Waals surface area contributed by atoms with E-state index in [1.807, 2.05) is 0 Å². The van der Waals surface area contributed by atoms with Gasteiger partial charge >= 0.3 is 5.97 Å². The molecule has 3 fully saturated rings. The van der Waals surface area contributed by atoms with E-state index < -0.39 is 5.97 Å². The highest BCUT2D eigenvalue weighted by Crippen LogP contribution is 2.49. The minimum atomic E-state index is -0.710. The van der Waals surface area contributed by atoms with Gasteiger partial charge in [-0.05, 0) is 6.42 Å². The molecule has 5 atom stereocenters. The molecule has 0 radical (unpaired) electrons. The maximum atomic E-state index is 10.9. The summed E-state index contributed by atoms with van der Waals surface area (Å²) >= 11 is 0. The first kappa shape index (κ1) is 7.76. The summed E-state index contributed by atoms with van der Waals surface area (Å²) in [5.41, 5.74) is 0. The van der Waals surface area contributed by atoms with Gasteiger partial charge in [0.2, 0.25) is 0 Å². The zero-order chi connectivity index (χ0) is 9.00. The molecule has 72 valence electrons. The maximum absolute atomic E-state index is 10.9. The zero-order valence-corrected chi connectivity index (χ0v) is 7.18. The van der Waals surface area contributed by atoms with Gasteiger partial charge in [0.05, 0.1) is 31.3 Å². The molecule has 3 saturated heterocycles. The number of aliphatic carboxylic acids is 1.